The summed E-state index contributed by atoms with van der Waals surface area (Å²) in [5.74, 6) is 0.757. The first-order valence-corrected chi connectivity index (χ1v) is 6.99. The molecule has 3 aromatic rings. The molecule has 1 aromatic carbocycles. The molecule has 0 saturated heterocycles. The number of nitrogens with zero attached hydrogens (tertiary/aromatic N) is 2. The fourth-order valence-electron chi connectivity index (χ4n) is 2.10. The first kappa shape index (κ1) is 13.8. The average molecular weight is 301 g/mol. The van der Waals surface area contributed by atoms with E-state index in [9.17, 15) is 4.79 Å². The molecule has 0 aliphatic heterocycles. The molecule has 0 unspecified atom stereocenters. The van der Waals surface area contributed by atoms with Crippen LogP contribution in [0, 0.1) is 5.92 Å². The minimum Gasteiger partial charge on any atom is -0.451 e. The van der Waals surface area contributed by atoms with Crippen molar-refractivity contribution in [1.29, 1.82) is 0 Å². The van der Waals surface area contributed by atoms with Crippen LogP contribution >= 0.6 is 11.6 Å². The van der Waals surface area contributed by atoms with E-state index in [1.54, 1.807) is 12.1 Å². The number of rotatable bonds is 3. The van der Waals surface area contributed by atoms with Crippen molar-refractivity contribution >= 4 is 28.5 Å². The molecular formula is C16H13ClN2O2. The van der Waals surface area contributed by atoms with Gasteiger partial charge >= 0.3 is 0 Å². The van der Waals surface area contributed by atoms with Crippen LogP contribution in [0.4, 0.5) is 0 Å². The van der Waals surface area contributed by atoms with Gasteiger partial charge in [0.1, 0.15) is 17.6 Å². The summed E-state index contributed by atoms with van der Waals surface area (Å²) in [6.07, 6.45) is 1.40. The van der Waals surface area contributed by atoms with Gasteiger partial charge < -0.3 is 4.42 Å². The van der Waals surface area contributed by atoms with Crippen molar-refractivity contribution in [2.75, 3.05) is 0 Å². The molecule has 4 nitrogen and oxygen atoms in total. The van der Waals surface area contributed by atoms with Crippen molar-refractivity contribution in [3.63, 3.8) is 0 Å². The van der Waals surface area contributed by atoms with Crippen LogP contribution < -0.4 is 0 Å². The number of hydrogen-bond acceptors (Lipinski definition) is 4. The normalized spacial score (nSPS) is 11.2. The number of carbonyl (C=O) groups is 1. The molecule has 5 heteroatoms. The number of aromatic nitrogens is 2. The average Bonchev–Trinajstić information content (AvgIpc) is 2.92. The van der Waals surface area contributed by atoms with Gasteiger partial charge in [-0.15, -0.1) is 0 Å². The third-order valence-electron chi connectivity index (χ3n) is 3.25. The van der Waals surface area contributed by atoms with Crippen molar-refractivity contribution < 1.29 is 9.21 Å². The molecule has 21 heavy (non-hydrogen) atoms. The van der Waals surface area contributed by atoms with Crippen molar-refractivity contribution in [3.05, 3.63) is 47.4 Å². The van der Waals surface area contributed by atoms with E-state index < -0.39 is 0 Å². The van der Waals surface area contributed by atoms with Gasteiger partial charge in [0.25, 0.3) is 0 Å². The first-order valence-electron chi connectivity index (χ1n) is 6.61. The van der Waals surface area contributed by atoms with Crippen LogP contribution in [-0.4, -0.2) is 15.8 Å². The van der Waals surface area contributed by atoms with E-state index in [1.807, 2.05) is 32.0 Å². The van der Waals surface area contributed by atoms with E-state index in [0.717, 1.165) is 5.56 Å². The third kappa shape index (κ3) is 2.54. The summed E-state index contributed by atoms with van der Waals surface area (Å²) in [5.41, 5.74) is 2.69. The van der Waals surface area contributed by atoms with Crippen LogP contribution in [0.2, 0.25) is 5.15 Å². The summed E-state index contributed by atoms with van der Waals surface area (Å²) in [5, 5.41) is 0.290. The second-order valence-electron chi connectivity index (χ2n) is 5.09. The molecule has 2 heterocycles. The molecule has 0 N–H and O–H groups in total. The number of fused-ring (bicyclic) bond motifs is 1. The second-order valence-corrected chi connectivity index (χ2v) is 5.44. The Bertz CT molecular complexity index is 807. The molecule has 0 saturated carbocycles. The van der Waals surface area contributed by atoms with Gasteiger partial charge in [-0.1, -0.05) is 49.7 Å². The molecular weight excluding hydrogens is 288 g/mol. The smallest absolute Gasteiger partial charge is 0.190 e. The number of hydrogen-bond donors (Lipinski definition) is 0. The molecule has 0 spiro atoms. The number of carbonyl (C=O) groups excluding carboxylic acids is 1. The van der Waals surface area contributed by atoms with Crippen molar-refractivity contribution in [2.24, 2.45) is 5.92 Å². The summed E-state index contributed by atoms with van der Waals surface area (Å²) in [6, 6.07) is 9.13. The van der Waals surface area contributed by atoms with Gasteiger partial charge in [-0.2, -0.15) is 0 Å². The second kappa shape index (κ2) is 5.30. The van der Waals surface area contributed by atoms with Gasteiger partial charge in [0.05, 0.1) is 0 Å². The summed E-state index contributed by atoms with van der Waals surface area (Å²) in [7, 11) is 0. The molecule has 3 rings (SSSR count). The highest BCUT2D eigenvalue weighted by atomic mass is 35.5. The summed E-state index contributed by atoms with van der Waals surface area (Å²) < 4.78 is 5.69. The Hall–Kier alpha value is -2.20. The van der Waals surface area contributed by atoms with Gasteiger partial charge in [-0.25, -0.2) is 9.97 Å². The number of ketones is 1. The van der Waals surface area contributed by atoms with Gasteiger partial charge in [-0.3, -0.25) is 4.79 Å². The maximum absolute atomic E-state index is 11.9. The first-order chi connectivity index (χ1) is 10.1. The summed E-state index contributed by atoms with van der Waals surface area (Å²) in [4.78, 5) is 19.9. The topological polar surface area (TPSA) is 56.0 Å². The summed E-state index contributed by atoms with van der Waals surface area (Å²) >= 11 is 5.97. The van der Waals surface area contributed by atoms with Gasteiger partial charge in [0.2, 0.25) is 0 Å². The maximum atomic E-state index is 11.9. The molecule has 0 amide bonds. The fraction of sp³-hybridized carbons (Fsp3) is 0.188. The lowest BCUT2D eigenvalue weighted by atomic mass is 10.00. The Morgan fingerprint density at radius 1 is 1.19 bits per heavy atom. The molecule has 106 valence electrons. The number of halogens is 1. The van der Waals surface area contributed by atoms with Gasteiger partial charge in [0.15, 0.2) is 16.5 Å². The van der Waals surface area contributed by atoms with E-state index in [2.05, 4.69) is 9.97 Å². The van der Waals surface area contributed by atoms with Crippen molar-refractivity contribution in [3.8, 4) is 11.3 Å². The molecule has 2 aromatic heterocycles. The highest BCUT2D eigenvalue weighted by molar-refractivity contribution is 6.33. The Labute approximate surface area is 126 Å². The van der Waals surface area contributed by atoms with Crippen LogP contribution in [0.5, 0.6) is 0 Å². The Morgan fingerprint density at radius 2 is 1.90 bits per heavy atom. The highest BCUT2D eigenvalue weighted by Gasteiger charge is 2.13. The minimum atomic E-state index is -0.0175. The lowest BCUT2D eigenvalue weighted by Crippen LogP contribution is -2.06. The van der Waals surface area contributed by atoms with E-state index in [0.29, 0.717) is 22.4 Å². The lowest BCUT2D eigenvalue weighted by molar-refractivity contribution is 0.0939. The zero-order valence-electron chi connectivity index (χ0n) is 11.6. The van der Waals surface area contributed by atoms with Crippen LogP contribution in [0.1, 0.15) is 24.2 Å². The summed E-state index contributed by atoms with van der Waals surface area (Å²) in [6.45, 7) is 3.77. The molecule has 0 aliphatic rings. The van der Waals surface area contributed by atoms with Crippen LogP contribution in [0.3, 0.4) is 0 Å². The van der Waals surface area contributed by atoms with Gasteiger partial charge in [0, 0.05) is 23.1 Å². The van der Waals surface area contributed by atoms with E-state index in [-0.39, 0.29) is 16.9 Å². The Morgan fingerprint density at radius 3 is 2.52 bits per heavy atom. The zero-order chi connectivity index (χ0) is 15.0. The largest absolute Gasteiger partial charge is 0.451 e. The van der Waals surface area contributed by atoms with E-state index in [1.165, 1.54) is 6.33 Å². The molecule has 0 radical (unpaired) electrons. The Balaban J connectivity index is 1.99. The van der Waals surface area contributed by atoms with Crippen LogP contribution in [0.15, 0.2) is 41.1 Å². The van der Waals surface area contributed by atoms with Crippen LogP contribution in [-0.2, 0) is 0 Å². The molecule has 0 atom stereocenters. The van der Waals surface area contributed by atoms with Crippen molar-refractivity contribution in [2.45, 2.75) is 13.8 Å². The SMILES string of the molecule is CC(C)C(=O)c1ccc(-c2cc3ncnc(Cl)c3o2)cc1. The van der Waals surface area contributed by atoms with E-state index >= 15 is 0 Å². The quantitative estimate of drug-likeness (QED) is 0.532. The highest BCUT2D eigenvalue weighted by Crippen LogP contribution is 2.29. The fourth-order valence-corrected chi connectivity index (χ4v) is 2.28. The monoisotopic (exact) mass is 300 g/mol. The van der Waals surface area contributed by atoms with E-state index in [4.69, 9.17) is 16.0 Å². The number of Topliss-reactive ketones (excluding diaryl/α,β-unsaturated/α-hetero) is 1. The maximum Gasteiger partial charge on any atom is 0.190 e. The minimum absolute atomic E-state index is 0.0175. The Kier molecular flexibility index (Phi) is 3.47. The number of benzene rings is 1. The molecule has 0 bridgehead atoms. The standard InChI is InChI=1S/C16H13ClN2O2/c1-9(2)14(20)11-5-3-10(4-6-11)13-7-12-15(21-13)16(17)19-8-18-12/h3-9H,1-2H3. The number of furan rings is 1. The predicted molar refractivity (Wildman–Crippen MR) is 81.4 cm³/mol. The third-order valence-corrected chi connectivity index (χ3v) is 3.52. The lowest BCUT2D eigenvalue weighted by Gasteiger charge is -2.04. The zero-order valence-corrected chi connectivity index (χ0v) is 12.4. The predicted octanol–water partition coefficient (Wildman–Crippen LogP) is 4.38. The van der Waals surface area contributed by atoms with Crippen LogP contribution in [0.25, 0.3) is 22.4 Å². The van der Waals surface area contributed by atoms with Gasteiger partial charge in [-0.05, 0) is 0 Å². The molecule has 0 fully saturated rings. The van der Waals surface area contributed by atoms with Crippen molar-refractivity contribution in [1.82, 2.24) is 9.97 Å². The molecule has 0 aliphatic carbocycles.